The van der Waals surface area contributed by atoms with E-state index in [1.54, 1.807) is 0 Å². The van der Waals surface area contributed by atoms with Gasteiger partial charge >= 0.3 is 5.97 Å². The van der Waals surface area contributed by atoms with Gasteiger partial charge < -0.3 is 5.11 Å². The van der Waals surface area contributed by atoms with E-state index in [1.807, 2.05) is 0 Å². The molecule has 0 aliphatic heterocycles. The summed E-state index contributed by atoms with van der Waals surface area (Å²) in [5.41, 5.74) is 0.735. The first-order valence-electron chi connectivity index (χ1n) is 3.50. The summed E-state index contributed by atoms with van der Waals surface area (Å²) in [6.45, 7) is 0. The van der Waals surface area contributed by atoms with Gasteiger partial charge in [-0.3, -0.25) is 4.79 Å². The van der Waals surface area contributed by atoms with Crippen LogP contribution < -0.4 is 0 Å². The molecule has 0 saturated carbocycles. The fraction of sp³-hybridized carbons (Fsp3) is 0.250. The third-order valence-corrected chi connectivity index (χ3v) is 1.42. The molecule has 0 aliphatic rings. The molecule has 0 amide bonds. The molecule has 0 bridgehead atoms. The maximum atomic E-state index is 12.3. The first-order valence-corrected chi connectivity index (χ1v) is 3.50. The highest BCUT2D eigenvalue weighted by molar-refractivity contribution is 5.67. The van der Waals surface area contributed by atoms with Crippen LogP contribution in [-0.4, -0.2) is 16.1 Å². The van der Waals surface area contributed by atoms with Gasteiger partial charge in [0.2, 0.25) is 5.95 Å². The number of aryl methyl sites for hydroxylation is 1. The van der Waals surface area contributed by atoms with Crippen molar-refractivity contribution in [2.45, 2.75) is 12.8 Å². The number of carbonyl (C=O) groups is 1. The summed E-state index contributed by atoms with van der Waals surface area (Å²) in [4.78, 5) is 13.5. The zero-order chi connectivity index (χ0) is 8.97. The second kappa shape index (κ2) is 3.80. The summed E-state index contributed by atoms with van der Waals surface area (Å²) in [6.07, 6.45) is 1.79. The molecule has 1 N–H and O–H groups in total. The molecule has 12 heavy (non-hydrogen) atoms. The molecule has 0 saturated heterocycles. The summed E-state index contributed by atoms with van der Waals surface area (Å²) < 4.78 is 12.3. The van der Waals surface area contributed by atoms with Crippen molar-refractivity contribution in [3.8, 4) is 0 Å². The Labute approximate surface area is 68.9 Å². The van der Waals surface area contributed by atoms with Gasteiger partial charge in [-0.15, -0.1) is 0 Å². The average molecular weight is 169 g/mol. The van der Waals surface area contributed by atoms with Gasteiger partial charge in [0.05, 0.1) is 0 Å². The van der Waals surface area contributed by atoms with Crippen LogP contribution in [-0.2, 0) is 11.2 Å². The summed E-state index contributed by atoms with van der Waals surface area (Å²) in [5.74, 6) is -1.41. The molecule has 1 aromatic rings. The number of hydrogen-bond acceptors (Lipinski definition) is 2. The van der Waals surface area contributed by atoms with E-state index < -0.39 is 11.9 Å². The van der Waals surface area contributed by atoms with Crippen LogP contribution in [0.1, 0.15) is 12.0 Å². The standard InChI is InChI=1S/C8H8FNO2/c9-7-3-1-6(5-10-7)2-4-8(11)12/h1,3,5H,2,4H2,(H,11,12). The van der Waals surface area contributed by atoms with Crippen molar-refractivity contribution in [3.63, 3.8) is 0 Å². The van der Waals surface area contributed by atoms with Crippen LogP contribution in [0.2, 0.25) is 0 Å². The van der Waals surface area contributed by atoms with Crippen molar-refractivity contribution in [1.29, 1.82) is 0 Å². The van der Waals surface area contributed by atoms with Crippen molar-refractivity contribution >= 4 is 5.97 Å². The molecule has 0 fully saturated rings. The van der Waals surface area contributed by atoms with Crippen molar-refractivity contribution in [2.24, 2.45) is 0 Å². The molecule has 0 spiro atoms. The first-order chi connectivity index (χ1) is 5.68. The number of halogens is 1. The van der Waals surface area contributed by atoms with Crippen LogP contribution in [0, 0.1) is 5.95 Å². The number of hydrogen-bond donors (Lipinski definition) is 1. The molecule has 1 rings (SSSR count). The van der Waals surface area contributed by atoms with E-state index in [9.17, 15) is 9.18 Å². The molecule has 3 nitrogen and oxygen atoms in total. The summed E-state index contributed by atoms with van der Waals surface area (Å²) in [7, 11) is 0. The van der Waals surface area contributed by atoms with Crippen LogP contribution in [0.3, 0.4) is 0 Å². The highest BCUT2D eigenvalue weighted by Gasteiger charge is 1.99. The molecule has 0 aliphatic carbocycles. The number of aromatic nitrogens is 1. The van der Waals surface area contributed by atoms with Gasteiger partial charge in [-0.25, -0.2) is 4.98 Å². The summed E-state index contributed by atoms with van der Waals surface area (Å²) >= 11 is 0. The van der Waals surface area contributed by atoms with Gasteiger partial charge in [0.25, 0.3) is 0 Å². The minimum Gasteiger partial charge on any atom is -0.481 e. The van der Waals surface area contributed by atoms with Crippen LogP contribution in [0.4, 0.5) is 4.39 Å². The SMILES string of the molecule is O=C(O)CCc1ccc(F)nc1. The summed E-state index contributed by atoms with van der Waals surface area (Å²) in [5, 5.41) is 8.33. The number of carboxylic acid groups (broad SMARTS) is 1. The quantitative estimate of drug-likeness (QED) is 0.692. The first kappa shape index (κ1) is 8.64. The fourth-order valence-electron chi connectivity index (χ4n) is 0.806. The molecule has 4 heteroatoms. The lowest BCUT2D eigenvalue weighted by molar-refractivity contribution is -0.136. The average Bonchev–Trinajstić information content (AvgIpc) is 2.03. The minimum atomic E-state index is -0.862. The van der Waals surface area contributed by atoms with E-state index in [0.29, 0.717) is 6.42 Å². The van der Waals surface area contributed by atoms with Crippen molar-refractivity contribution in [1.82, 2.24) is 4.98 Å². The smallest absolute Gasteiger partial charge is 0.303 e. The zero-order valence-corrected chi connectivity index (χ0v) is 6.33. The molecule has 0 unspecified atom stereocenters. The fourth-order valence-corrected chi connectivity index (χ4v) is 0.806. The van der Waals surface area contributed by atoms with E-state index in [0.717, 1.165) is 5.56 Å². The minimum absolute atomic E-state index is 0.0489. The molecular formula is C8H8FNO2. The normalized spacial score (nSPS) is 9.75. The number of aliphatic carboxylic acids is 1. The van der Waals surface area contributed by atoms with E-state index in [4.69, 9.17) is 5.11 Å². The van der Waals surface area contributed by atoms with Crippen LogP contribution in [0.25, 0.3) is 0 Å². The molecule has 0 aromatic carbocycles. The van der Waals surface area contributed by atoms with Crippen molar-refractivity contribution in [3.05, 3.63) is 29.8 Å². The van der Waals surface area contributed by atoms with Crippen LogP contribution >= 0.6 is 0 Å². The lowest BCUT2D eigenvalue weighted by Crippen LogP contribution is -1.97. The van der Waals surface area contributed by atoms with Gasteiger partial charge in [-0.2, -0.15) is 4.39 Å². The van der Waals surface area contributed by atoms with E-state index >= 15 is 0 Å². The highest BCUT2D eigenvalue weighted by atomic mass is 19.1. The van der Waals surface area contributed by atoms with Crippen molar-refractivity contribution < 1.29 is 14.3 Å². The third-order valence-electron chi connectivity index (χ3n) is 1.42. The molecule has 64 valence electrons. The Kier molecular flexibility index (Phi) is 2.74. The largest absolute Gasteiger partial charge is 0.481 e. The topological polar surface area (TPSA) is 50.2 Å². The molecule has 0 radical (unpaired) electrons. The number of nitrogens with zero attached hydrogens (tertiary/aromatic N) is 1. The lowest BCUT2D eigenvalue weighted by Gasteiger charge is -1.96. The third kappa shape index (κ3) is 2.65. The van der Waals surface area contributed by atoms with Crippen LogP contribution in [0.5, 0.6) is 0 Å². The van der Waals surface area contributed by atoms with E-state index in [-0.39, 0.29) is 6.42 Å². The monoisotopic (exact) mass is 169 g/mol. The molecule has 1 aromatic heterocycles. The maximum Gasteiger partial charge on any atom is 0.303 e. The van der Waals surface area contributed by atoms with Gasteiger partial charge in [-0.05, 0) is 18.1 Å². The Morgan fingerprint density at radius 3 is 2.83 bits per heavy atom. The Bertz CT molecular complexity index is 271. The molecule has 1 heterocycles. The maximum absolute atomic E-state index is 12.3. The number of rotatable bonds is 3. The van der Waals surface area contributed by atoms with E-state index in [1.165, 1.54) is 18.3 Å². The molecule has 0 atom stereocenters. The highest BCUT2D eigenvalue weighted by Crippen LogP contribution is 2.01. The Balaban J connectivity index is 2.53. The Morgan fingerprint density at radius 2 is 2.33 bits per heavy atom. The lowest BCUT2D eigenvalue weighted by atomic mass is 10.2. The second-order valence-electron chi connectivity index (χ2n) is 2.38. The Morgan fingerprint density at radius 1 is 1.58 bits per heavy atom. The van der Waals surface area contributed by atoms with Gasteiger partial charge in [0.1, 0.15) is 0 Å². The Hall–Kier alpha value is -1.45. The number of pyridine rings is 1. The van der Waals surface area contributed by atoms with Gasteiger partial charge in [-0.1, -0.05) is 6.07 Å². The van der Waals surface area contributed by atoms with Crippen molar-refractivity contribution in [2.75, 3.05) is 0 Å². The second-order valence-corrected chi connectivity index (χ2v) is 2.38. The van der Waals surface area contributed by atoms with Gasteiger partial charge in [0, 0.05) is 12.6 Å². The molecular weight excluding hydrogens is 161 g/mol. The number of carboxylic acids is 1. The van der Waals surface area contributed by atoms with Gasteiger partial charge in [0.15, 0.2) is 0 Å². The van der Waals surface area contributed by atoms with Crippen LogP contribution in [0.15, 0.2) is 18.3 Å². The predicted molar refractivity (Wildman–Crippen MR) is 40.2 cm³/mol. The summed E-state index contributed by atoms with van der Waals surface area (Å²) in [6, 6.07) is 2.75. The zero-order valence-electron chi connectivity index (χ0n) is 6.33. The van der Waals surface area contributed by atoms with E-state index in [2.05, 4.69) is 4.98 Å². The predicted octanol–water partition coefficient (Wildman–Crippen LogP) is 1.24.